The molecule has 1 aromatic carbocycles. The molecule has 1 rings (SSSR count). The Morgan fingerprint density at radius 1 is 1.00 bits per heavy atom. The van der Waals surface area contributed by atoms with Gasteiger partial charge in [-0.3, -0.25) is 9.59 Å². The number of hydrogen-bond acceptors (Lipinski definition) is 6. The molecule has 0 saturated carbocycles. The van der Waals surface area contributed by atoms with Crippen molar-refractivity contribution < 1.29 is 19.1 Å². The maximum atomic E-state index is 12.9. The third kappa shape index (κ3) is 9.78. The smallest absolute Gasteiger partial charge is 0.328 e. The van der Waals surface area contributed by atoms with E-state index in [0.29, 0.717) is 24.8 Å². The summed E-state index contributed by atoms with van der Waals surface area (Å²) in [7, 11) is 0. The second-order valence-electron chi connectivity index (χ2n) is 8.07. The molecule has 186 valence electrons. The molecule has 33 heavy (non-hydrogen) atoms. The number of nitrogens with two attached hydrogens (primary N) is 1. The molecule has 0 heterocycles. The molecule has 0 aromatic heterocycles. The van der Waals surface area contributed by atoms with Crippen molar-refractivity contribution in [3.63, 3.8) is 0 Å². The van der Waals surface area contributed by atoms with Crippen molar-refractivity contribution in [2.45, 2.75) is 52.2 Å². The van der Waals surface area contributed by atoms with Gasteiger partial charge in [-0.15, -0.1) is 23.2 Å². The molecule has 0 unspecified atom stereocenters. The van der Waals surface area contributed by atoms with Crippen LogP contribution in [0.15, 0.2) is 24.3 Å². The van der Waals surface area contributed by atoms with Gasteiger partial charge in [-0.1, -0.05) is 26.0 Å². The Balaban J connectivity index is 3.00. The summed E-state index contributed by atoms with van der Waals surface area (Å²) in [5.41, 5.74) is 7.42. The summed E-state index contributed by atoms with van der Waals surface area (Å²) in [4.78, 5) is 39.6. The minimum Gasteiger partial charge on any atom is -0.464 e. The zero-order valence-electron chi connectivity index (χ0n) is 19.8. The molecule has 8 nitrogen and oxygen atoms in total. The number of ether oxygens (including phenoxy) is 1. The van der Waals surface area contributed by atoms with Crippen LogP contribution in [0.3, 0.4) is 0 Å². The summed E-state index contributed by atoms with van der Waals surface area (Å²) in [5.74, 6) is -0.695. The molecular formula is C23H36Cl2N4O4. The van der Waals surface area contributed by atoms with Crippen LogP contribution in [0.1, 0.15) is 33.3 Å². The summed E-state index contributed by atoms with van der Waals surface area (Å²) < 4.78 is 5.16. The maximum Gasteiger partial charge on any atom is 0.328 e. The van der Waals surface area contributed by atoms with E-state index < -0.39 is 35.9 Å². The van der Waals surface area contributed by atoms with Crippen LogP contribution in [0.4, 0.5) is 5.69 Å². The van der Waals surface area contributed by atoms with Gasteiger partial charge in [0.05, 0.1) is 12.6 Å². The van der Waals surface area contributed by atoms with Crippen LogP contribution in [0.2, 0.25) is 0 Å². The molecule has 0 aliphatic rings. The lowest BCUT2D eigenvalue weighted by atomic mass is 10.0. The number of rotatable bonds is 14. The zero-order valence-corrected chi connectivity index (χ0v) is 21.3. The number of alkyl halides is 2. The topological polar surface area (TPSA) is 114 Å². The average Bonchev–Trinajstić information content (AvgIpc) is 2.76. The molecule has 3 atom stereocenters. The van der Waals surface area contributed by atoms with E-state index in [2.05, 4.69) is 15.5 Å². The minimum atomic E-state index is -0.904. The van der Waals surface area contributed by atoms with Crippen molar-refractivity contribution in [2.75, 3.05) is 36.4 Å². The lowest BCUT2D eigenvalue weighted by Gasteiger charge is -2.26. The van der Waals surface area contributed by atoms with E-state index in [1.807, 2.05) is 24.3 Å². The van der Waals surface area contributed by atoms with Gasteiger partial charge in [0.15, 0.2) is 0 Å². The largest absolute Gasteiger partial charge is 0.464 e. The number of esters is 1. The fourth-order valence-corrected chi connectivity index (χ4v) is 3.58. The second-order valence-corrected chi connectivity index (χ2v) is 8.82. The second kappa shape index (κ2) is 15.0. The summed E-state index contributed by atoms with van der Waals surface area (Å²) in [5, 5.41) is 5.38. The summed E-state index contributed by atoms with van der Waals surface area (Å²) >= 11 is 11.8. The van der Waals surface area contributed by atoms with Gasteiger partial charge in [0.1, 0.15) is 12.1 Å². The third-order valence-electron chi connectivity index (χ3n) is 5.00. The van der Waals surface area contributed by atoms with Gasteiger partial charge < -0.3 is 26.0 Å². The number of hydrogen-bond donors (Lipinski definition) is 3. The number of benzene rings is 1. The van der Waals surface area contributed by atoms with Crippen molar-refractivity contribution in [1.29, 1.82) is 0 Å². The zero-order chi connectivity index (χ0) is 25.0. The van der Waals surface area contributed by atoms with Crippen LogP contribution >= 0.6 is 23.2 Å². The Morgan fingerprint density at radius 2 is 1.58 bits per heavy atom. The molecule has 0 aliphatic heterocycles. The van der Waals surface area contributed by atoms with Crippen LogP contribution in [-0.4, -0.2) is 67.4 Å². The third-order valence-corrected chi connectivity index (χ3v) is 5.34. The molecular weight excluding hydrogens is 467 g/mol. The highest BCUT2D eigenvalue weighted by molar-refractivity contribution is 6.18. The number of nitrogens with zero attached hydrogens (tertiary/aromatic N) is 1. The normalized spacial score (nSPS) is 13.7. The van der Waals surface area contributed by atoms with E-state index >= 15 is 0 Å². The predicted octanol–water partition coefficient (Wildman–Crippen LogP) is 2.05. The Labute approximate surface area is 206 Å². The molecule has 0 spiro atoms. The number of nitrogens with one attached hydrogen (secondary N) is 2. The molecule has 0 fully saturated rings. The quantitative estimate of drug-likeness (QED) is 0.265. The molecule has 0 aliphatic carbocycles. The number of carbonyl (C=O) groups excluding carboxylic acids is 3. The standard InChI is InChI=1S/C23H36Cl2N4O4/c1-5-33-23(32)19(27-22(31)20(15(2)3)28-21(30)16(4)26)14-17-6-8-18(9-7-17)29(12-10-24)13-11-25/h6-9,15-16,19-20H,5,10-14,26H2,1-4H3,(H,27,31)(H,28,30)/t16-,19-,20-/m0/s1. The van der Waals surface area contributed by atoms with E-state index in [-0.39, 0.29) is 18.9 Å². The first-order valence-corrected chi connectivity index (χ1v) is 12.2. The Morgan fingerprint density at radius 3 is 2.03 bits per heavy atom. The highest BCUT2D eigenvalue weighted by atomic mass is 35.5. The van der Waals surface area contributed by atoms with Crippen LogP contribution < -0.4 is 21.3 Å². The van der Waals surface area contributed by atoms with Crippen LogP contribution in [0.5, 0.6) is 0 Å². The van der Waals surface area contributed by atoms with E-state index in [1.165, 1.54) is 6.92 Å². The fourth-order valence-electron chi connectivity index (χ4n) is 3.17. The minimum absolute atomic E-state index is 0.186. The first-order chi connectivity index (χ1) is 15.6. The Bertz CT molecular complexity index is 753. The van der Waals surface area contributed by atoms with E-state index in [4.69, 9.17) is 33.7 Å². The summed E-state index contributed by atoms with van der Waals surface area (Å²) in [6.07, 6.45) is 0.238. The molecule has 10 heteroatoms. The number of carbonyl (C=O) groups is 3. The monoisotopic (exact) mass is 502 g/mol. The first-order valence-electron chi connectivity index (χ1n) is 11.1. The first kappa shape index (κ1) is 29.0. The van der Waals surface area contributed by atoms with Gasteiger partial charge >= 0.3 is 5.97 Å². The molecule has 2 amide bonds. The van der Waals surface area contributed by atoms with Gasteiger partial charge in [0, 0.05) is 37.0 Å². The van der Waals surface area contributed by atoms with Crippen molar-refractivity contribution in [1.82, 2.24) is 10.6 Å². The van der Waals surface area contributed by atoms with Crippen LogP contribution in [0, 0.1) is 5.92 Å². The van der Waals surface area contributed by atoms with Crippen molar-refractivity contribution in [2.24, 2.45) is 11.7 Å². The van der Waals surface area contributed by atoms with Gasteiger partial charge in [-0.05, 0) is 37.5 Å². The summed E-state index contributed by atoms with van der Waals surface area (Å²) in [6.45, 7) is 8.36. The predicted molar refractivity (Wildman–Crippen MR) is 133 cm³/mol. The maximum absolute atomic E-state index is 12.9. The van der Waals surface area contributed by atoms with Gasteiger partial charge in [0.25, 0.3) is 0 Å². The molecule has 1 aromatic rings. The van der Waals surface area contributed by atoms with Crippen molar-refractivity contribution >= 4 is 46.7 Å². The SMILES string of the molecule is CCOC(=O)[C@H](Cc1ccc(N(CCCl)CCCl)cc1)NC(=O)[C@@H](NC(=O)[C@H](C)N)C(C)C. The lowest BCUT2D eigenvalue weighted by Crippen LogP contribution is -2.56. The van der Waals surface area contributed by atoms with Crippen LogP contribution in [-0.2, 0) is 25.5 Å². The number of anilines is 1. The fraction of sp³-hybridized carbons (Fsp3) is 0.609. The highest BCUT2D eigenvalue weighted by Gasteiger charge is 2.30. The Hall–Kier alpha value is -2.03. The van der Waals surface area contributed by atoms with Crippen molar-refractivity contribution in [3.8, 4) is 0 Å². The van der Waals surface area contributed by atoms with Crippen molar-refractivity contribution in [3.05, 3.63) is 29.8 Å². The highest BCUT2D eigenvalue weighted by Crippen LogP contribution is 2.17. The van der Waals surface area contributed by atoms with Gasteiger partial charge in [-0.2, -0.15) is 0 Å². The van der Waals surface area contributed by atoms with E-state index in [1.54, 1.807) is 20.8 Å². The van der Waals surface area contributed by atoms with E-state index in [9.17, 15) is 14.4 Å². The van der Waals surface area contributed by atoms with Gasteiger partial charge in [-0.25, -0.2) is 4.79 Å². The van der Waals surface area contributed by atoms with Gasteiger partial charge in [0.2, 0.25) is 11.8 Å². The molecule has 0 radical (unpaired) electrons. The van der Waals surface area contributed by atoms with Crippen LogP contribution in [0.25, 0.3) is 0 Å². The molecule has 0 bridgehead atoms. The summed E-state index contributed by atoms with van der Waals surface area (Å²) in [6, 6.07) is 5.15. The Kier molecular flexibility index (Phi) is 13.2. The number of amides is 2. The molecule has 4 N–H and O–H groups in total. The molecule has 0 saturated heterocycles. The number of halogens is 2. The average molecular weight is 503 g/mol. The lowest BCUT2D eigenvalue weighted by molar-refractivity contribution is -0.147. The van der Waals surface area contributed by atoms with E-state index in [0.717, 1.165) is 11.3 Å².